The summed E-state index contributed by atoms with van der Waals surface area (Å²) >= 11 is 6.84. The topological polar surface area (TPSA) is 34.0 Å². The lowest BCUT2D eigenvalue weighted by Gasteiger charge is -2.11. The van der Waals surface area contributed by atoms with Crippen LogP contribution in [-0.2, 0) is 6.54 Å². The van der Waals surface area contributed by atoms with Gasteiger partial charge in [-0.1, -0.05) is 22.9 Å². The fourth-order valence-electron chi connectivity index (χ4n) is 2.04. The van der Waals surface area contributed by atoms with Crippen LogP contribution in [-0.4, -0.2) is 10.5 Å². The van der Waals surface area contributed by atoms with Crippen LogP contribution >= 0.6 is 31.9 Å². The van der Waals surface area contributed by atoms with Crippen LogP contribution in [0.4, 0.5) is 5.69 Å². The summed E-state index contributed by atoms with van der Waals surface area (Å²) in [5, 5.41) is 2.96. The number of hydrogen-bond acceptors (Lipinski definition) is 1. The Balaban J connectivity index is 2.23. The van der Waals surface area contributed by atoms with Gasteiger partial charge in [0.05, 0.1) is 0 Å². The van der Waals surface area contributed by atoms with Gasteiger partial charge in [0.2, 0.25) is 0 Å². The number of carbonyl (C=O) groups is 1. The Morgan fingerprint density at radius 2 is 2.00 bits per heavy atom. The van der Waals surface area contributed by atoms with Crippen molar-refractivity contribution < 1.29 is 4.79 Å². The molecule has 2 rings (SSSR count). The summed E-state index contributed by atoms with van der Waals surface area (Å²) in [5.41, 5.74) is 2.53. The van der Waals surface area contributed by atoms with E-state index in [4.69, 9.17) is 0 Å². The smallest absolute Gasteiger partial charge is 0.272 e. The third kappa shape index (κ3) is 3.52. The lowest BCUT2D eigenvalue weighted by atomic mass is 10.2. The maximum atomic E-state index is 12.4. The van der Waals surface area contributed by atoms with E-state index >= 15 is 0 Å². The molecule has 1 heterocycles. The molecule has 2 aromatic rings. The van der Waals surface area contributed by atoms with Gasteiger partial charge in [-0.05, 0) is 59.1 Å². The van der Waals surface area contributed by atoms with Crippen LogP contribution in [0, 0.1) is 6.92 Å². The Bertz CT molecular complexity index is 635. The quantitative estimate of drug-likeness (QED) is 0.772. The largest absolute Gasteiger partial charge is 0.342 e. The second-order valence-corrected chi connectivity index (χ2v) is 6.48. The molecule has 1 N–H and O–H groups in total. The van der Waals surface area contributed by atoms with Crippen molar-refractivity contribution in [3.8, 4) is 0 Å². The second-order valence-electron chi connectivity index (χ2n) is 4.65. The minimum atomic E-state index is -0.0884. The van der Waals surface area contributed by atoms with Gasteiger partial charge in [-0.2, -0.15) is 0 Å². The van der Waals surface area contributed by atoms with Crippen LogP contribution in [0.5, 0.6) is 0 Å². The molecule has 1 amide bonds. The van der Waals surface area contributed by atoms with Gasteiger partial charge in [-0.3, -0.25) is 4.79 Å². The summed E-state index contributed by atoms with van der Waals surface area (Å²) in [6.45, 7) is 4.89. The fraction of sp³-hybridized carbons (Fsp3) is 0.267. The first-order chi connectivity index (χ1) is 9.51. The predicted octanol–water partition coefficient (Wildman–Crippen LogP) is 4.98. The van der Waals surface area contributed by atoms with E-state index in [0.717, 1.165) is 33.2 Å². The van der Waals surface area contributed by atoms with Gasteiger partial charge in [0.25, 0.3) is 5.91 Å². The minimum absolute atomic E-state index is 0.0884. The molecule has 0 aliphatic heterocycles. The van der Waals surface area contributed by atoms with Crippen molar-refractivity contribution in [3.05, 3.63) is 50.7 Å². The fourth-order valence-corrected chi connectivity index (χ4v) is 2.98. The number of halogens is 2. The summed E-state index contributed by atoms with van der Waals surface area (Å²) in [6.07, 6.45) is 2.92. The van der Waals surface area contributed by atoms with E-state index in [-0.39, 0.29) is 5.91 Å². The SMILES string of the molecule is CCCn1cc(Br)cc1C(=O)Nc1ccc(Br)cc1C. The molecule has 0 radical (unpaired) electrons. The van der Waals surface area contributed by atoms with Gasteiger partial charge in [-0.25, -0.2) is 0 Å². The maximum absolute atomic E-state index is 12.4. The highest BCUT2D eigenvalue weighted by molar-refractivity contribution is 9.10. The second kappa shape index (κ2) is 6.59. The molecule has 0 saturated carbocycles. The van der Waals surface area contributed by atoms with Crippen molar-refractivity contribution in [2.45, 2.75) is 26.8 Å². The summed E-state index contributed by atoms with van der Waals surface area (Å²) in [5.74, 6) is -0.0884. The van der Waals surface area contributed by atoms with Gasteiger partial charge in [0.1, 0.15) is 5.69 Å². The zero-order chi connectivity index (χ0) is 14.7. The minimum Gasteiger partial charge on any atom is -0.342 e. The molecule has 0 aliphatic carbocycles. The molecule has 5 heteroatoms. The highest BCUT2D eigenvalue weighted by Gasteiger charge is 2.13. The van der Waals surface area contributed by atoms with E-state index in [1.165, 1.54) is 0 Å². The Morgan fingerprint density at radius 3 is 2.65 bits per heavy atom. The normalized spacial score (nSPS) is 10.6. The molecule has 3 nitrogen and oxygen atoms in total. The molecule has 0 fully saturated rings. The molecule has 0 aliphatic rings. The van der Waals surface area contributed by atoms with Crippen LogP contribution in [0.2, 0.25) is 0 Å². The molecular weight excluding hydrogens is 384 g/mol. The van der Waals surface area contributed by atoms with Crippen molar-refractivity contribution in [1.29, 1.82) is 0 Å². The van der Waals surface area contributed by atoms with E-state index in [1.807, 2.05) is 42.0 Å². The monoisotopic (exact) mass is 398 g/mol. The summed E-state index contributed by atoms with van der Waals surface area (Å²) in [4.78, 5) is 12.4. The lowest BCUT2D eigenvalue weighted by molar-refractivity contribution is 0.101. The highest BCUT2D eigenvalue weighted by Crippen LogP contribution is 2.22. The molecule has 0 unspecified atom stereocenters. The summed E-state index contributed by atoms with van der Waals surface area (Å²) in [6, 6.07) is 7.65. The number of amides is 1. The summed E-state index contributed by atoms with van der Waals surface area (Å²) in [7, 11) is 0. The van der Waals surface area contributed by atoms with Gasteiger partial charge >= 0.3 is 0 Å². The molecule has 20 heavy (non-hydrogen) atoms. The van der Waals surface area contributed by atoms with Crippen LogP contribution < -0.4 is 5.32 Å². The van der Waals surface area contributed by atoms with Crippen molar-refractivity contribution >= 4 is 43.5 Å². The van der Waals surface area contributed by atoms with E-state index < -0.39 is 0 Å². The van der Waals surface area contributed by atoms with Crippen LogP contribution in [0.15, 0.2) is 39.4 Å². The van der Waals surface area contributed by atoms with Crippen molar-refractivity contribution in [1.82, 2.24) is 4.57 Å². The zero-order valence-electron chi connectivity index (χ0n) is 11.4. The number of hydrogen-bond donors (Lipinski definition) is 1. The molecule has 0 spiro atoms. The van der Waals surface area contributed by atoms with Crippen LogP contribution in [0.25, 0.3) is 0 Å². The number of benzene rings is 1. The van der Waals surface area contributed by atoms with Gasteiger partial charge in [0, 0.05) is 27.4 Å². The number of rotatable bonds is 4. The van der Waals surface area contributed by atoms with E-state index in [2.05, 4.69) is 44.1 Å². The first kappa shape index (κ1) is 15.3. The Kier molecular flexibility index (Phi) is 5.05. The van der Waals surface area contributed by atoms with Crippen LogP contribution in [0.3, 0.4) is 0 Å². The molecular formula is C15H16Br2N2O. The molecule has 0 saturated heterocycles. The number of nitrogens with one attached hydrogen (secondary N) is 1. The third-order valence-electron chi connectivity index (χ3n) is 3.00. The van der Waals surface area contributed by atoms with Crippen molar-refractivity contribution in [3.63, 3.8) is 0 Å². The van der Waals surface area contributed by atoms with Crippen molar-refractivity contribution in [2.75, 3.05) is 5.32 Å². The number of carbonyl (C=O) groups excluding carboxylic acids is 1. The Hall–Kier alpha value is -1.07. The highest BCUT2D eigenvalue weighted by atomic mass is 79.9. The molecule has 0 atom stereocenters. The maximum Gasteiger partial charge on any atom is 0.272 e. The van der Waals surface area contributed by atoms with E-state index in [1.54, 1.807) is 0 Å². The van der Waals surface area contributed by atoms with Crippen LogP contribution in [0.1, 0.15) is 29.4 Å². The lowest BCUT2D eigenvalue weighted by Crippen LogP contribution is -2.17. The van der Waals surface area contributed by atoms with Crippen molar-refractivity contribution in [2.24, 2.45) is 0 Å². The summed E-state index contributed by atoms with van der Waals surface area (Å²) < 4.78 is 3.89. The van der Waals surface area contributed by atoms with E-state index in [0.29, 0.717) is 5.69 Å². The van der Waals surface area contributed by atoms with Gasteiger partial charge in [-0.15, -0.1) is 0 Å². The molecule has 106 valence electrons. The zero-order valence-corrected chi connectivity index (χ0v) is 14.6. The number of nitrogens with zero attached hydrogens (tertiary/aromatic N) is 1. The third-order valence-corrected chi connectivity index (χ3v) is 3.92. The Morgan fingerprint density at radius 1 is 1.25 bits per heavy atom. The average molecular weight is 400 g/mol. The number of aryl methyl sites for hydroxylation is 2. The number of anilines is 1. The number of aromatic nitrogens is 1. The molecule has 1 aromatic heterocycles. The molecule has 1 aromatic carbocycles. The first-order valence-electron chi connectivity index (χ1n) is 6.44. The molecule has 0 bridgehead atoms. The van der Waals surface area contributed by atoms with Gasteiger partial charge < -0.3 is 9.88 Å². The Labute approximate surface area is 135 Å². The standard InChI is InChI=1S/C15H16Br2N2O/c1-3-6-19-9-12(17)8-14(19)15(20)18-13-5-4-11(16)7-10(13)2/h4-5,7-9H,3,6H2,1-2H3,(H,18,20). The first-order valence-corrected chi connectivity index (χ1v) is 8.03. The average Bonchev–Trinajstić information content (AvgIpc) is 2.74. The van der Waals surface area contributed by atoms with E-state index in [9.17, 15) is 4.79 Å². The predicted molar refractivity (Wildman–Crippen MR) is 89.3 cm³/mol. The van der Waals surface area contributed by atoms with Gasteiger partial charge in [0.15, 0.2) is 0 Å².